The quantitative estimate of drug-likeness (QED) is 0.813. The van der Waals surface area contributed by atoms with Gasteiger partial charge in [0, 0.05) is 6.04 Å². The molecule has 1 aliphatic rings. The fraction of sp³-hybridized carbons (Fsp3) is 0.429. The van der Waals surface area contributed by atoms with Gasteiger partial charge in [-0.1, -0.05) is 17.7 Å². The monoisotopic (exact) mass is 295 g/mol. The van der Waals surface area contributed by atoms with E-state index in [1.165, 1.54) is 0 Å². The maximum Gasteiger partial charge on any atom is 0.251 e. The van der Waals surface area contributed by atoms with Gasteiger partial charge < -0.3 is 10.6 Å². The Bertz CT molecular complexity index is 570. The minimum absolute atomic E-state index is 0.0932. The Morgan fingerprint density at radius 1 is 1.40 bits per heavy atom. The van der Waals surface area contributed by atoms with Crippen molar-refractivity contribution >= 4 is 29.1 Å². The highest BCUT2D eigenvalue weighted by Crippen LogP contribution is 2.34. The zero-order valence-corrected chi connectivity index (χ0v) is 12.5. The molecule has 5 nitrogen and oxygen atoms in total. The summed E-state index contributed by atoms with van der Waals surface area (Å²) in [6, 6.07) is 5.31. The molecule has 108 valence electrons. The maximum absolute atomic E-state index is 12.0. The highest BCUT2D eigenvalue weighted by molar-refractivity contribution is 6.33. The molecule has 2 amide bonds. The minimum Gasteiger partial charge on any atom is -0.347 e. The molecule has 1 fully saturated rings. The van der Waals surface area contributed by atoms with E-state index in [9.17, 15) is 9.59 Å². The lowest BCUT2D eigenvalue weighted by Gasteiger charge is -2.42. The van der Waals surface area contributed by atoms with Gasteiger partial charge in [0.2, 0.25) is 5.91 Å². The Kier molecular flexibility index (Phi) is 3.75. The van der Waals surface area contributed by atoms with Gasteiger partial charge in [-0.25, -0.2) is 0 Å². The molecule has 0 aromatic heterocycles. The highest BCUT2D eigenvalue weighted by atomic mass is 35.5. The summed E-state index contributed by atoms with van der Waals surface area (Å²) in [5, 5.41) is 2.82. The molecule has 2 rings (SSSR count). The normalized spacial score (nSPS) is 19.8. The second kappa shape index (κ2) is 5.07. The van der Waals surface area contributed by atoms with Gasteiger partial charge in [0.25, 0.3) is 5.91 Å². The Morgan fingerprint density at radius 2 is 2.05 bits per heavy atom. The van der Waals surface area contributed by atoms with Gasteiger partial charge in [-0.15, -0.1) is 0 Å². The number of nitrogens with zero attached hydrogens (tertiary/aromatic N) is 1. The van der Waals surface area contributed by atoms with Crippen LogP contribution in [-0.2, 0) is 9.59 Å². The van der Waals surface area contributed by atoms with Gasteiger partial charge in [-0.05, 0) is 38.5 Å². The van der Waals surface area contributed by atoms with E-state index in [2.05, 4.69) is 5.32 Å². The molecule has 20 heavy (non-hydrogen) atoms. The fourth-order valence-electron chi connectivity index (χ4n) is 2.19. The van der Waals surface area contributed by atoms with E-state index in [-0.39, 0.29) is 24.4 Å². The molecular weight excluding hydrogens is 278 g/mol. The summed E-state index contributed by atoms with van der Waals surface area (Å²) in [5.74, 6) is -0.664. The summed E-state index contributed by atoms with van der Waals surface area (Å²) < 4.78 is 0. The molecule has 0 spiro atoms. The van der Waals surface area contributed by atoms with Crippen molar-refractivity contribution in [3.05, 3.63) is 28.8 Å². The molecular formula is C14H18ClN3O2. The van der Waals surface area contributed by atoms with Crippen LogP contribution < -0.4 is 16.0 Å². The van der Waals surface area contributed by atoms with Gasteiger partial charge in [0.05, 0.1) is 17.3 Å². The van der Waals surface area contributed by atoms with Crippen LogP contribution >= 0.6 is 11.6 Å². The minimum atomic E-state index is -0.840. The van der Waals surface area contributed by atoms with Crippen molar-refractivity contribution in [1.82, 2.24) is 5.32 Å². The third-order valence-electron chi connectivity index (χ3n) is 3.57. The Hall–Kier alpha value is -1.59. The molecule has 1 atom stereocenters. The van der Waals surface area contributed by atoms with Crippen LogP contribution in [0.25, 0.3) is 0 Å². The number of nitrogens with one attached hydrogen (secondary N) is 1. The van der Waals surface area contributed by atoms with Crippen LogP contribution in [0.2, 0.25) is 5.02 Å². The lowest BCUT2D eigenvalue weighted by molar-refractivity contribution is -0.135. The molecule has 0 saturated carbocycles. The number of rotatable bonds is 2. The van der Waals surface area contributed by atoms with Crippen molar-refractivity contribution < 1.29 is 9.59 Å². The topological polar surface area (TPSA) is 75.4 Å². The molecule has 6 heteroatoms. The summed E-state index contributed by atoms with van der Waals surface area (Å²) in [6.07, 6.45) is 0. The molecule has 0 radical (unpaired) electrons. The number of anilines is 1. The first kappa shape index (κ1) is 14.8. The van der Waals surface area contributed by atoms with E-state index in [1.807, 2.05) is 13.0 Å². The van der Waals surface area contributed by atoms with Crippen molar-refractivity contribution in [3.63, 3.8) is 0 Å². The van der Waals surface area contributed by atoms with Gasteiger partial charge in [0.1, 0.15) is 5.54 Å². The van der Waals surface area contributed by atoms with E-state index >= 15 is 0 Å². The van der Waals surface area contributed by atoms with Gasteiger partial charge in [-0.3, -0.25) is 14.9 Å². The molecule has 1 heterocycles. The average molecular weight is 296 g/mol. The number of halogens is 1. The zero-order valence-electron chi connectivity index (χ0n) is 11.7. The summed E-state index contributed by atoms with van der Waals surface area (Å²) in [7, 11) is 0. The Morgan fingerprint density at radius 3 is 2.60 bits per heavy atom. The predicted octanol–water partition coefficient (Wildman–Crippen LogP) is 1.60. The predicted molar refractivity (Wildman–Crippen MR) is 78.6 cm³/mol. The molecule has 1 unspecified atom stereocenters. The molecule has 0 aliphatic carbocycles. The van der Waals surface area contributed by atoms with Gasteiger partial charge in [0.15, 0.2) is 0 Å². The lowest BCUT2D eigenvalue weighted by Crippen LogP contribution is -2.64. The van der Waals surface area contributed by atoms with E-state index in [4.69, 9.17) is 17.3 Å². The maximum atomic E-state index is 12.0. The highest BCUT2D eigenvalue weighted by Gasteiger charge is 2.41. The van der Waals surface area contributed by atoms with Crippen LogP contribution in [0.5, 0.6) is 0 Å². The number of nitrogens with two attached hydrogens (primary N) is 1. The molecule has 1 aromatic rings. The average Bonchev–Trinajstić information content (AvgIpc) is 2.34. The summed E-state index contributed by atoms with van der Waals surface area (Å²) in [5.41, 5.74) is 6.54. The third-order valence-corrected chi connectivity index (χ3v) is 3.88. The van der Waals surface area contributed by atoms with Crippen molar-refractivity contribution in [2.24, 2.45) is 5.73 Å². The van der Waals surface area contributed by atoms with Crippen LogP contribution in [0, 0.1) is 0 Å². The second-order valence-corrected chi connectivity index (χ2v) is 5.93. The molecule has 1 saturated heterocycles. The van der Waals surface area contributed by atoms with Gasteiger partial charge >= 0.3 is 0 Å². The third kappa shape index (κ3) is 2.51. The molecule has 1 aromatic carbocycles. The van der Waals surface area contributed by atoms with Crippen LogP contribution in [0.4, 0.5) is 5.69 Å². The standard InChI is InChI=1S/C14H18ClN3O2/c1-8(16)9-4-5-11(10(15)6-9)18-7-12(19)17-13(20)14(18,2)3/h4-6,8H,7,16H2,1-3H3,(H,17,19,20). The SMILES string of the molecule is CC(N)c1ccc(N2CC(=O)NC(=O)C2(C)C)c(Cl)c1. The summed E-state index contributed by atoms with van der Waals surface area (Å²) >= 11 is 6.29. The van der Waals surface area contributed by atoms with Crippen LogP contribution in [-0.4, -0.2) is 23.9 Å². The van der Waals surface area contributed by atoms with Crippen LogP contribution in [0.3, 0.4) is 0 Å². The van der Waals surface area contributed by atoms with Crippen molar-refractivity contribution in [3.8, 4) is 0 Å². The van der Waals surface area contributed by atoms with E-state index in [0.29, 0.717) is 10.7 Å². The largest absolute Gasteiger partial charge is 0.347 e. The molecule has 3 N–H and O–H groups in total. The van der Waals surface area contributed by atoms with Gasteiger partial charge in [-0.2, -0.15) is 0 Å². The number of imide groups is 1. The number of carbonyl (C=O) groups excluding carboxylic acids is 2. The first-order valence-corrected chi connectivity index (χ1v) is 6.78. The van der Waals surface area contributed by atoms with Crippen molar-refractivity contribution in [1.29, 1.82) is 0 Å². The number of hydrogen-bond donors (Lipinski definition) is 2. The number of carbonyl (C=O) groups is 2. The van der Waals surface area contributed by atoms with Crippen molar-refractivity contribution in [2.45, 2.75) is 32.4 Å². The first-order valence-electron chi connectivity index (χ1n) is 6.40. The Balaban J connectivity index is 2.44. The van der Waals surface area contributed by atoms with E-state index in [0.717, 1.165) is 5.56 Å². The van der Waals surface area contributed by atoms with E-state index < -0.39 is 5.54 Å². The van der Waals surface area contributed by atoms with Crippen LogP contribution in [0.1, 0.15) is 32.4 Å². The van der Waals surface area contributed by atoms with E-state index in [1.54, 1.807) is 30.9 Å². The first-order chi connectivity index (χ1) is 9.23. The number of hydrogen-bond acceptors (Lipinski definition) is 4. The zero-order chi connectivity index (χ0) is 15.1. The summed E-state index contributed by atoms with van der Waals surface area (Å²) in [4.78, 5) is 25.3. The summed E-state index contributed by atoms with van der Waals surface area (Å²) in [6.45, 7) is 5.47. The number of piperazine rings is 1. The lowest BCUT2D eigenvalue weighted by atomic mass is 9.97. The fourth-order valence-corrected chi connectivity index (χ4v) is 2.49. The molecule has 0 bridgehead atoms. The number of benzene rings is 1. The van der Waals surface area contributed by atoms with Crippen LogP contribution in [0.15, 0.2) is 18.2 Å². The molecule has 1 aliphatic heterocycles. The number of amides is 2. The smallest absolute Gasteiger partial charge is 0.251 e. The second-order valence-electron chi connectivity index (χ2n) is 5.52. The van der Waals surface area contributed by atoms with Crippen molar-refractivity contribution in [2.75, 3.05) is 11.4 Å². The Labute approximate surface area is 123 Å².